The van der Waals surface area contributed by atoms with E-state index in [0.29, 0.717) is 4.34 Å². The van der Waals surface area contributed by atoms with E-state index in [2.05, 4.69) is 0 Å². The smallest absolute Gasteiger partial charge is 0.349 e. The zero-order chi connectivity index (χ0) is 14.6. The van der Waals surface area contributed by atoms with Crippen molar-refractivity contribution in [2.75, 3.05) is 0 Å². The van der Waals surface area contributed by atoms with Crippen LogP contribution in [0, 0.1) is 5.92 Å². The van der Waals surface area contributed by atoms with Gasteiger partial charge in [0.15, 0.2) is 6.10 Å². The van der Waals surface area contributed by atoms with E-state index in [-0.39, 0.29) is 10.8 Å². The Labute approximate surface area is 118 Å². The van der Waals surface area contributed by atoms with E-state index in [1.165, 1.54) is 6.07 Å². The molecule has 1 rings (SSSR count). The zero-order valence-corrected chi connectivity index (χ0v) is 11.9. The van der Waals surface area contributed by atoms with E-state index >= 15 is 0 Å². The molecule has 0 aliphatic heterocycles. The fourth-order valence-corrected chi connectivity index (χ4v) is 2.21. The Morgan fingerprint density at radius 2 is 2.00 bits per heavy atom. The molecule has 3 amide bonds. The minimum absolute atomic E-state index is 0.280. The normalized spacial score (nSPS) is 12.0. The summed E-state index contributed by atoms with van der Waals surface area (Å²) in [7, 11) is 0. The van der Waals surface area contributed by atoms with Crippen LogP contribution in [-0.4, -0.2) is 24.0 Å². The van der Waals surface area contributed by atoms with E-state index in [1.807, 2.05) is 5.32 Å². The molecule has 6 nitrogen and oxygen atoms in total. The summed E-state index contributed by atoms with van der Waals surface area (Å²) in [5.74, 6) is -1.73. The molecule has 0 aromatic carbocycles. The Hall–Kier alpha value is -1.60. The van der Waals surface area contributed by atoms with Crippen LogP contribution < -0.4 is 11.1 Å². The van der Waals surface area contributed by atoms with Crippen LogP contribution in [0.2, 0.25) is 4.34 Å². The first kappa shape index (κ1) is 15.5. The highest BCUT2D eigenvalue weighted by Gasteiger charge is 2.28. The van der Waals surface area contributed by atoms with E-state index in [4.69, 9.17) is 22.1 Å². The van der Waals surface area contributed by atoms with Crippen LogP contribution in [0.15, 0.2) is 12.1 Å². The minimum atomic E-state index is -1.10. The molecule has 0 spiro atoms. The van der Waals surface area contributed by atoms with E-state index in [9.17, 15) is 14.4 Å². The van der Waals surface area contributed by atoms with Gasteiger partial charge in [-0.05, 0) is 18.1 Å². The third kappa shape index (κ3) is 4.53. The van der Waals surface area contributed by atoms with Gasteiger partial charge in [-0.3, -0.25) is 10.1 Å². The summed E-state index contributed by atoms with van der Waals surface area (Å²) in [6.07, 6.45) is -1.10. The molecule has 0 aliphatic rings. The Kier molecular flexibility index (Phi) is 5.31. The molecule has 3 N–H and O–H groups in total. The van der Waals surface area contributed by atoms with Gasteiger partial charge in [0.2, 0.25) is 0 Å². The summed E-state index contributed by atoms with van der Waals surface area (Å²) in [6.45, 7) is 3.36. The van der Waals surface area contributed by atoms with Gasteiger partial charge in [-0.25, -0.2) is 9.59 Å². The topological polar surface area (TPSA) is 98.5 Å². The number of hydrogen-bond donors (Lipinski definition) is 2. The van der Waals surface area contributed by atoms with Crippen LogP contribution in [0.1, 0.15) is 23.5 Å². The molecule has 0 saturated heterocycles. The number of hydrogen-bond acceptors (Lipinski definition) is 5. The molecule has 1 heterocycles. The number of amides is 3. The number of esters is 1. The molecule has 0 unspecified atom stereocenters. The standard InChI is InChI=1S/C11H13ClN2O4S/c1-5(2)8(9(15)14-11(13)17)18-10(16)6-3-4-7(12)19-6/h3-5,8H,1-2H3,(H3,13,14,15,17)/t8-/m0/s1. The second-order valence-corrected chi connectivity index (χ2v) is 5.74. The quantitative estimate of drug-likeness (QED) is 0.828. The third-order valence-electron chi connectivity index (χ3n) is 2.12. The Morgan fingerprint density at radius 1 is 1.37 bits per heavy atom. The van der Waals surface area contributed by atoms with Crippen molar-refractivity contribution >= 4 is 40.8 Å². The van der Waals surface area contributed by atoms with Crippen molar-refractivity contribution in [1.82, 2.24) is 5.32 Å². The Bertz CT molecular complexity index is 501. The van der Waals surface area contributed by atoms with Crippen LogP contribution in [0.4, 0.5) is 4.79 Å². The summed E-state index contributed by atoms with van der Waals surface area (Å²) in [5.41, 5.74) is 4.85. The van der Waals surface area contributed by atoms with E-state index < -0.39 is 24.0 Å². The van der Waals surface area contributed by atoms with Crippen LogP contribution in [0.25, 0.3) is 0 Å². The number of urea groups is 1. The molecule has 1 aromatic heterocycles. The molecular weight excluding hydrogens is 292 g/mol. The maximum absolute atomic E-state index is 11.8. The molecular formula is C11H13ClN2O4S. The Morgan fingerprint density at radius 3 is 2.42 bits per heavy atom. The molecule has 0 radical (unpaired) electrons. The molecule has 0 saturated carbocycles. The molecule has 104 valence electrons. The summed E-state index contributed by atoms with van der Waals surface area (Å²) in [6, 6.07) is 2.06. The summed E-state index contributed by atoms with van der Waals surface area (Å²) in [4.78, 5) is 34.4. The SMILES string of the molecule is CC(C)[C@H](OC(=O)c1ccc(Cl)s1)C(=O)NC(N)=O. The van der Waals surface area contributed by atoms with E-state index in [1.54, 1.807) is 19.9 Å². The number of ether oxygens (including phenoxy) is 1. The average molecular weight is 305 g/mol. The highest BCUT2D eigenvalue weighted by atomic mass is 35.5. The van der Waals surface area contributed by atoms with Crippen molar-refractivity contribution in [2.24, 2.45) is 11.7 Å². The van der Waals surface area contributed by atoms with Gasteiger partial charge in [0.05, 0.1) is 4.34 Å². The highest BCUT2D eigenvalue weighted by Crippen LogP contribution is 2.23. The monoisotopic (exact) mass is 304 g/mol. The number of imide groups is 1. The molecule has 0 fully saturated rings. The predicted octanol–water partition coefficient (Wildman–Crippen LogP) is 1.78. The number of thiophene rings is 1. The van der Waals surface area contributed by atoms with Crippen LogP contribution >= 0.6 is 22.9 Å². The van der Waals surface area contributed by atoms with Crippen LogP contribution in [0.3, 0.4) is 0 Å². The number of nitrogens with one attached hydrogen (secondary N) is 1. The lowest BCUT2D eigenvalue weighted by molar-refractivity contribution is -0.130. The number of nitrogens with two attached hydrogens (primary N) is 1. The molecule has 8 heteroatoms. The highest BCUT2D eigenvalue weighted by molar-refractivity contribution is 7.17. The van der Waals surface area contributed by atoms with Crippen molar-refractivity contribution < 1.29 is 19.1 Å². The fraction of sp³-hybridized carbons (Fsp3) is 0.364. The van der Waals surface area contributed by atoms with Gasteiger partial charge in [0, 0.05) is 0 Å². The maximum Gasteiger partial charge on any atom is 0.349 e. The molecule has 1 aromatic rings. The van der Waals surface area contributed by atoms with E-state index in [0.717, 1.165) is 11.3 Å². The summed E-state index contributed by atoms with van der Waals surface area (Å²) >= 11 is 6.75. The van der Waals surface area contributed by atoms with Crippen molar-refractivity contribution in [3.05, 3.63) is 21.3 Å². The van der Waals surface area contributed by atoms with Crippen molar-refractivity contribution in [1.29, 1.82) is 0 Å². The van der Waals surface area contributed by atoms with Crippen LogP contribution in [0.5, 0.6) is 0 Å². The first-order valence-corrected chi connectivity index (χ1v) is 6.57. The van der Waals surface area contributed by atoms with Gasteiger partial charge < -0.3 is 10.5 Å². The number of carbonyl (C=O) groups is 3. The lowest BCUT2D eigenvalue weighted by Crippen LogP contribution is -2.45. The largest absolute Gasteiger partial charge is 0.448 e. The number of rotatable bonds is 4. The second kappa shape index (κ2) is 6.53. The Balaban J connectivity index is 2.76. The van der Waals surface area contributed by atoms with Crippen molar-refractivity contribution in [3.8, 4) is 0 Å². The lowest BCUT2D eigenvalue weighted by atomic mass is 10.1. The molecule has 1 atom stereocenters. The second-order valence-electron chi connectivity index (χ2n) is 4.03. The van der Waals surface area contributed by atoms with Gasteiger partial charge in [0.1, 0.15) is 4.88 Å². The summed E-state index contributed by atoms with van der Waals surface area (Å²) < 4.78 is 5.51. The van der Waals surface area contributed by atoms with Gasteiger partial charge in [-0.15, -0.1) is 11.3 Å². The lowest BCUT2D eigenvalue weighted by Gasteiger charge is -2.19. The van der Waals surface area contributed by atoms with Gasteiger partial charge in [-0.1, -0.05) is 25.4 Å². The molecule has 0 bridgehead atoms. The number of primary amides is 1. The van der Waals surface area contributed by atoms with Gasteiger partial charge in [0.25, 0.3) is 5.91 Å². The number of halogens is 1. The fourth-order valence-electron chi connectivity index (χ4n) is 1.28. The zero-order valence-electron chi connectivity index (χ0n) is 10.3. The van der Waals surface area contributed by atoms with Gasteiger partial charge in [-0.2, -0.15) is 0 Å². The minimum Gasteiger partial charge on any atom is -0.448 e. The van der Waals surface area contributed by atoms with Crippen LogP contribution in [-0.2, 0) is 9.53 Å². The first-order chi connectivity index (χ1) is 8.81. The molecule has 19 heavy (non-hydrogen) atoms. The van der Waals surface area contributed by atoms with Crippen molar-refractivity contribution in [3.63, 3.8) is 0 Å². The van der Waals surface area contributed by atoms with Crippen molar-refractivity contribution in [2.45, 2.75) is 20.0 Å². The van der Waals surface area contributed by atoms with Gasteiger partial charge >= 0.3 is 12.0 Å². The maximum atomic E-state index is 11.8. The molecule has 0 aliphatic carbocycles. The first-order valence-electron chi connectivity index (χ1n) is 5.38. The third-order valence-corrected chi connectivity index (χ3v) is 3.33. The number of carbonyl (C=O) groups excluding carboxylic acids is 3. The predicted molar refractivity (Wildman–Crippen MR) is 71.1 cm³/mol. The average Bonchev–Trinajstić information content (AvgIpc) is 2.70. The summed E-state index contributed by atoms with van der Waals surface area (Å²) in [5, 5.41) is 1.89.